The van der Waals surface area contributed by atoms with Gasteiger partial charge in [-0.25, -0.2) is 0 Å². The summed E-state index contributed by atoms with van der Waals surface area (Å²) in [5.74, 6) is -1.75. The molecule has 10 atom stereocenters. The number of fused-ring (bicyclic) bond motifs is 1. The first kappa shape index (κ1) is 40.5. The van der Waals surface area contributed by atoms with Crippen LogP contribution in [0, 0.1) is 0 Å². The Morgan fingerprint density at radius 3 is 1.33 bits per heavy atom. The molecular weight excluding hydrogens is 737 g/mol. The van der Waals surface area contributed by atoms with E-state index in [0.717, 1.165) is 27.8 Å². The molecule has 3 aliphatic heterocycles. The first-order valence-electron chi connectivity index (χ1n) is 20.0. The Bertz CT molecular complexity index is 1940. The molecule has 10 nitrogen and oxygen atoms in total. The van der Waals surface area contributed by atoms with E-state index in [9.17, 15) is 0 Å². The number of hydrogen-bond donors (Lipinski definition) is 0. The second-order valence-corrected chi connectivity index (χ2v) is 14.9. The molecule has 0 bridgehead atoms. The third kappa shape index (κ3) is 9.76. The molecule has 0 aromatic heterocycles. The van der Waals surface area contributed by atoms with Crippen LogP contribution in [0.15, 0.2) is 152 Å². The second kappa shape index (κ2) is 19.6. The van der Waals surface area contributed by atoms with Crippen LogP contribution < -0.4 is 0 Å². The normalized spacial score (nSPS) is 29.5. The summed E-state index contributed by atoms with van der Waals surface area (Å²) in [4.78, 5) is 0. The molecule has 5 aromatic rings. The van der Waals surface area contributed by atoms with Gasteiger partial charge >= 0.3 is 5.97 Å². The minimum absolute atomic E-state index is 0.0972. The average Bonchev–Trinajstić information content (AvgIpc) is 3.28. The average molecular weight is 789 g/mol. The van der Waals surface area contributed by atoms with Gasteiger partial charge in [0.05, 0.1) is 45.7 Å². The van der Waals surface area contributed by atoms with Crippen LogP contribution in [-0.2, 0) is 80.4 Å². The van der Waals surface area contributed by atoms with Crippen molar-refractivity contribution in [3.8, 4) is 0 Å². The molecule has 3 saturated heterocycles. The third-order valence-corrected chi connectivity index (χ3v) is 10.8. The third-order valence-electron chi connectivity index (χ3n) is 10.8. The van der Waals surface area contributed by atoms with Crippen molar-refractivity contribution in [1.82, 2.24) is 0 Å². The fraction of sp³-hybridized carbons (Fsp3) is 0.375. The Balaban J connectivity index is 1.14. The zero-order valence-corrected chi connectivity index (χ0v) is 33.0. The number of hydrogen-bond acceptors (Lipinski definition) is 10. The first-order chi connectivity index (χ1) is 28.6. The van der Waals surface area contributed by atoms with E-state index < -0.39 is 61.1 Å². The molecule has 0 saturated carbocycles. The van der Waals surface area contributed by atoms with E-state index in [4.69, 9.17) is 47.4 Å². The highest BCUT2D eigenvalue weighted by Crippen LogP contribution is 2.44. The van der Waals surface area contributed by atoms with Crippen molar-refractivity contribution in [3.63, 3.8) is 0 Å². The predicted octanol–water partition coefficient (Wildman–Crippen LogP) is 7.77. The van der Waals surface area contributed by atoms with Crippen LogP contribution >= 0.6 is 0 Å². The summed E-state index contributed by atoms with van der Waals surface area (Å²) < 4.78 is 67.2. The van der Waals surface area contributed by atoms with Crippen molar-refractivity contribution >= 4 is 0 Å². The van der Waals surface area contributed by atoms with Crippen molar-refractivity contribution < 1.29 is 47.4 Å². The summed E-state index contributed by atoms with van der Waals surface area (Å²) in [7, 11) is 1.60. The fourth-order valence-electron chi connectivity index (χ4n) is 7.81. The monoisotopic (exact) mass is 788 g/mol. The van der Waals surface area contributed by atoms with Gasteiger partial charge in [-0.05, 0) is 34.7 Å². The minimum Gasteiger partial charge on any atom is -0.368 e. The largest absolute Gasteiger partial charge is 0.368 e. The van der Waals surface area contributed by atoms with Crippen LogP contribution in [0.5, 0.6) is 0 Å². The molecule has 0 aliphatic carbocycles. The lowest BCUT2D eigenvalue weighted by Crippen LogP contribution is -2.74. The number of benzene rings is 5. The van der Waals surface area contributed by atoms with Gasteiger partial charge in [0.2, 0.25) is 0 Å². The smallest absolute Gasteiger partial charge is 0.314 e. The molecular formula is C48H52O10. The Hall–Kier alpha value is -4.30. The number of methoxy groups -OCH3 is 1. The van der Waals surface area contributed by atoms with Gasteiger partial charge in [-0.3, -0.25) is 0 Å². The topological polar surface area (TPSA) is 92.3 Å². The molecule has 0 amide bonds. The number of rotatable bonds is 16. The quantitative estimate of drug-likeness (QED) is 0.0988. The summed E-state index contributed by atoms with van der Waals surface area (Å²) in [6.45, 7) is 3.55. The van der Waals surface area contributed by atoms with Crippen molar-refractivity contribution in [3.05, 3.63) is 179 Å². The molecule has 5 aromatic carbocycles. The standard InChI is InChI=1S/C48H52O10/c1-34-41(50-28-35-18-8-3-9-19-35)44(52-30-37-22-12-5-13-23-37)46(54-32-39-26-16-7-17-27-39)48(57-34)55-33-40-42(58-48)43(51-29-36-20-10-4-11-21-36)45(47(49-2)56-40)53-31-38-24-14-6-15-25-38/h3-27,34,40-47H,28-33H2,1-2H3/t34-,40+,41-,42-,43+,44+,45+,46+,47-,48-/m0/s1. The highest BCUT2D eigenvalue weighted by molar-refractivity contribution is 5.18. The molecule has 0 N–H and O–H groups in total. The molecule has 8 rings (SSSR count). The maximum Gasteiger partial charge on any atom is 0.314 e. The van der Waals surface area contributed by atoms with Crippen molar-refractivity contribution in [1.29, 1.82) is 0 Å². The SMILES string of the molecule is CO[C@H]1O[C@@H]2CO[C@]3(O[C@@H]2[C@@H](OCc2ccccc2)[C@H]1OCc1ccccc1)O[C@@H](C)[C@H](OCc1ccccc1)[C@@H](OCc1ccccc1)[C@H]3OCc1ccccc1. The summed E-state index contributed by atoms with van der Waals surface area (Å²) >= 11 is 0. The van der Waals surface area contributed by atoms with Crippen LogP contribution in [0.4, 0.5) is 0 Å². The van der Waals surface area contributed by atoms with Crippen molar-refractivity contribution in [2.75, 3.05) is 13.7 Å². The van der Waals surface area contributed by atoms with Crippen LogP contribution in [-0.4, -0.2) is 74.8 Å². The van der Waals surface area contributed by atoms with E-state index in [1.54, 1.807) is 7.11 Å². The Labute approximate surface area is 340 Å². The maximum absolute atomic E-state index is 7.17. The Morgan fingerprint density at radius 2 is 0.879 bits per heavy atom. The lowest BCUT2D eigenvalue weighted by Gasteiger charge is -2.57. The maximum atomic E-state index is 7.17. The molecule has 3 heterocycles. The highest BCUT2D eigenvalue weighted by Gasteiger charge is 2.64. The van der Waals surface area contributed by atoms with E-state index in [2.05, 4.69) is 0 Å². The Kier molecular flexibility index (Phi) is 13.7. The van der Waals surface area contributed by atoms with Gasteiger partial charge in [-0.2, -0.15) is 0 Å². The van der Waals surface area contributed by atoms with Crippen LogP contribution in [0.2, 0.25) is 0 Å². The predicted molar refractivity (Wildman–Crippen MR) is 215 cm³/mol. The van der Waals surface area contributed by atoms with E-state index >= 15 is 0 Å². The highest BCUT2D eigenvalue weighted by atomic mass is 16.9. The van der Waals surface area contributed by atoms with Crippen LogP contribution in [0.25, 0.3) is 0 Å². The fourth-order valence-corrected chi connectivity index (χ4v) is 7.81. The zero-order valence-electron chi connectivity index (χ0n) is 33.0. The van der Waals surface area contributed by atoms with Crippen molar-refractivity contribution in [2.24, 2.45) is 0 Å². The second-order valence-electron chi connectivity index (χ2n) is 14.9. The molecule has 3 aliphatic rings. The van der Waals surface area contributed by atoms with Gasteiger partial charge in [-0.15, -0.1) is 0 Å². The molecule has 58 heavy (non-hydrogen) atoms. The number of ether oxygens (including phenoxy) is 10. The summed E-state index contributed by atoms with van der Waals surface area (Å²) in [6, 6.07) is 50.1. The lowest BCUT2D eigenvalue weighted by molar-refractivity contribution is -0.515. The van der Waals surface area contributed by atoms with Gasteiger partial charge in [0, 0.05) is 7.11 Å². The van der Waals surface area contributed by atoms with Crippen molar-refractivity contribution in [2.45, 2.75) is 101 Å². The van der Waals surface area contributed by atoms with E-state index in [0.29, 0.717) is 26.4 Å². The van der Waals surface area contributed by atoms with Crippen LogP contribution in [0.1, 0.15) is 34.7 Å². The molecule has 3 fully saturated rings. The molecule has 10 heteroatoms. The van der Waals surface area contributed by atoms with E-state index in [1.165, 1.54) is 0 Å². The molecule has 1 spiro atoms. The van der Waals surface area contributed by atoms with Gasteiger partial charge in [0.25, 0.3) is 0 Å². The van der Waals surface area contributed by atoms with Gasteiger partial charge < -0.3 is 47.4 Å². The summed E-state index contributed by atoms with van der Waals surface area (Å²) in [6.07, 6.45) is -6.16. The van der Waals surface area contributed by atoms with E-state index in [-0.39, 0.29) is 13.2 Å². The van der Waals surface area contributed by atoms with Gasteiger partial charge in [-0.1, -0.05) is 152 Å². The van der Waals surface area contributed by atoms with E-state index in [1.807, 2.05) is 159 Å². The van der Waals surface area contributed by atoms with Crippen LogP contribution in [0.3, 0.4) is 0 Å². The summed E-state index contributed by atoms with van der Waals surface area (Å²) in [5.41, 5.74) is 5.00. The zero-order chi connectivity index (χ0) is 39.6. The minimum atomic E-state index is -1.75. The molecule has 304 valence electrons. The summed E-state index contributed by atoms with van der Waals surface area (Å²) in [5, 5.41) is 0. The van der Waals surface area contributed by atoms with Gasteiger partial charge in [0.15, 0.2) is 12.4 Å². The van der Waals surface area contributed by atoms with Gasteiger partial charge in [0.1, 0.15) is 36.6 Å². The molecule has 0 radical (unpaired) electrons. The Morgan fingerprint density at radius 1 is 0.483 bits per heavy atom. The molecule has 0 unspecified atom stereocenters. The lowest BCUT2D eigenvalue weighted by atomic mass is 9.93. The first-order valence-corrected chi connectivity index (χ1v) is 20.0.